The lowest BCUT2D eigenvalue weighted by molar-refractivity contribution is 0.0920. The fraction of sp³-hybridized carbons (Fsp3) is 0.0909. The fourth-order valence-electron chi connectivity index (χ4n) is 2.56. The van der Waals surface area contributed by atoms with Gasteiger partial charge in [0, 0.05) is 22.3 Å². The van der Waals surface area contributed by atoms with Crippen LogP contribution in [0.5, 0.6) is 11.5 Å². The van der Waals surface area contributed by atoms with Crippen molar-refractivity contribution in [2.24, 2.45) is 0 Å². The second-order valence-corrected chi connectivity index (χ2v) is 6.89. The number of hydrogen-bond acceptors (Lipinski definition) is 4. The number of Topliss-reactive ketones (excluding diaryl/α,β-unsaturated/α-hetero) is 1. The number of ether oxygens (including phenoxy) is 2. The molecule has 148 valence electrons. The Hall–Kier alpha value is -3.02. The number of ketones is 1. The number of halogens is 2. The first-order chi connectivity index (χ1) is 14.0. The predicted octanol–water partition coefficient (Wildman–Crippen LogP) is 5.52. The van der Waals surface area contributed by atoms with Crippen LogP contribution in [0.25, 0.3) is 0 Å². The Morgan fingerprint density at radius 2 is 1.69 bits per heavy atom. The molecule has 3 rings (SSSR count). The summed E-state index contributed by atoms with van der Waals surface area (Å²) in [7, 11) is 1.54. The van der Waals surface area contributed by atoms with Crippen molar-refractivity contribution in [3.05, 3.63) is 87.9 Å². The molecule has 3 aromatic rings. The molecule has 0 saturated heterocycles. The molecule has 29 heavy (non-hydrogen) atoms. The van der Waals surface area contributed by atoms with Crippen LogP contribution in [0.1, 0.15) is 20.7 Å². The van der Waals surface area contributed by atoms with Gasteiger partial charge in [-0.05, 0) is 42.5 Å². The molecule has 0 radical (unpaired) electrons. The normalized spacial score (nSPS) is 10.3. The van der Waals surface area contributed by atoms with E-state index in [4.69, 9.17) is 32.7 Å². The molecule has 0 aliphatic rings. The van der Waals surface area contributed by atoms with Gasteiger partial charge in [0.1, 0.15) is 11.5 Å². The maximum Gasteiger partial charge on any atom is 0.257 e. The Labute approximate surface area is 178 Å². The molecule has 3 aromatic carbocycles. The van der Waals surface area contributed by atoms with Crippen molar-refractivity contribution in [3.63, 3.8) is 0 Å². The van der Waals surface area contributed by atoms with Crippen molar-refractivity contribution in [1.29, 1.82) is 0 Å². The van der Waals surface area contributed by atoms with E-state index in [9.17, 15) is 9.59 Å². The maximum atomic E-state index is 12.4. The summed E-state index contributed by atoms with van der Waals surface area (Å²) in [5.74, 6) is 0.477. The summed E-state index contributed by atoms with van der Waals surface area (Å²) < 4.78 is 10.7. The molecular formula is C22H17Cl2NO4. The van der Waals surface area contributed by atoms with Crippen LogP contribution < -0.4 is 14.8 Å². The number of rotatable bonds is 7. The minimum absolute atomic E-state index is 0.145. The second-order valence-electron chi connectivity index (χ2n) is 6.05. The molecule has 0 unspecified atom stereocenters. The van der Waals surface area contributed by atoms with Crippen LogP contribution in [0.4, 0.5) is 5.69 Å². The SMILES string of the molecule is COc1cccc(C(=O)COc2cccc(NC(=O)c3ccc(Cl)cc3Cl)c2)c1. The molecule has 1 N–H and O–H groups in total. The Morgan fingerprint density at radius 3 is 2.45 bits per heavy atom. The van der Waals surface area contributed by atoms with E-state index in [0.717, 1.165) is 0 Å². The van der Waals surface area contributed by atoms with Crippen LogP contribution in [0.15, 0.2) is 66.7 Å². The average Bonchev–Trinajstić information content (AvgIpc) is 2.72. The number of anilines is 1. The smallest absolute Gasteiger partial charge is 0.257 e. The highest BCUT2D eigenvalue weighted by atomic mass is 35.5. The predicted molar refractivity (Wildman–Crippen MR) is 114 cm³/mol. The number of hydrogen-bond donors (Lipinski definition) is 1. The van der Waals surface area contributed by atoms with Gasteiger partial charge in [0.2, 0.25) is 0 Å². The first-order valence-corrected chi connectivity index (χ1v) is 9.38. The largest absolute Gasteiger partial charge is 0.497 e. The van der Waals surface area contributed by atoms with Crippen molar-refractivity contribution >= 4 is 40.6 Å². The van der Waals surface area contributed by atoms with E-state index < -0.39 is 0 Å². The summed E-state index contributed by atoms with van der Waals surface area (Å²) in [6.45, 7) is -0.145. The molecular weight excluding hydrogens is 413 g/mol. The fourth-order valence-corrected chi connectivity index (χ4v) is 3.06. The van der Waals surface area contributed by atoms with Gasteiger partial charge < -0.3 is 14.8 Å². The van der Waals surface area contributed by atoms with E-state index in [1.165, 1.54) is 13.2 Å². The van der Waals surface area contributed by atoms with Gasteiger partial charge in [0.15, 0.2) is 12.4 Å². The summed E-state index contributed by atoms with van der Waals surface area (Å²) in [6.07, 6.45) is 0. The standard InChI is InChI=1S/C22H17Cl2NO4/c1-28-17-6-2-4-14(10-17)21(26)13-29-18-7-3-5-16(12-18)25-22(27)19-9-8-15(23)11-20(19)24/h2-12H,13H2,1H3,(H,25,27). The quantitative estimate of drug-likeness (QED) is 0.502. The zero-order chi connectivity index (χ0) is 20.8. The zero-order valence-corrected chi connectivity index (χ0v) is 17.0. The summed E-state index contributed by atoms with van der Waals surface area (Å²) in [4.78, 5) is 24.7. The third kappa shape index (κ3) is 5.50. The summed E-state index contributed by atoms with van der Waals surface area (Å²) in [6, 6.07) is 18.2. The minimum Gasteiger partial charge on any atom is -0.497 e. The monoisotopic (exact) mass is 429 g/mol. The van der Waals surface area contributed by atoms with Crippen molar-refractivity contribution in [3.8, 4) is 11.5 Å². The van der Waals surface area contributed by atoms with Gasteiger partial charge >= 0.3 is 0 Å². The molecule has 0 heterocycles. The van der Waals surface area contributed by atoms with Gasteiger partial charge in [-0.3, -0.25) is 9.59 Å². The lowest BCUT2D eigenvalue weighted by Crippen LogP contribution is -2.13. The van der Waals surface area contributed by atoms with E-state index >= 15 is 0 Å². The number of carbonyl (C=O) groups is 2. The van der Waals surface area contributed by atoms with Crippen molar-refractivity contribution in [2.75, 3.05) is 19.0 Å². The Kier molecular flexibility index (Phi) is 6.75. The summed E-state index contributed by atoms with van der Waals surface area (Å²) >= 11 is 11.9. The Balaban J connectivity index is 1.64. The maximum absolute atomic E-state index is 12.4. The molecule has 7 heteroatoms. The molecule has 0 aliphatic carbocycles. The van der Waals surface area contributed by atoms with E-state index in [-0.39, 0.29) is 23.3 Å². The molecule has 5 nitrogen and oxygen atoms in total. The second kappa shape index (κ2) is 9.45. The van der Waals surface area contributed by atoms with Crippen LogP contribution >= 0.6 is 23.2 Å². The average molecular weight is 430 g/mol. The number of methoxy groups -OCH3 is 1. The molecule has 0 aromatic heterocycles. The first-order valence-electron chi connectivity index (χ1n) is 8.63. The molecule has 0 saturated carbocycles. The molecule has 0 aliphatic heterocycles. The number of carbonyl (C=O) groups excluding carboxylic acids is 2. The minimum atomic E-state index is -0.378. The molecule has 0 bridgehead atoms. The van der Waals surface area contributed by atoms with Crippen LogP contribution in [0.2, 0.25) is 10.0 Å². The molecule has 0 spiro atoms. The van der Waals surface area contributed by atoms with Gasteiger partial charge in [-0.2, -0.15) is 0 Å². The highest BCUT2D eigenvalue weighted by Gasteiger charge is 2.12. The summed E-state index contributed by atoms with van der Waals surface area (Å²) in [5.41, 5.74) is 1.30. The van der Waals surface area contributed by atoms with Crippen molar-refractivity contribution < 1.29 is 19.1 Å². The Bertz CT molecular complexity index is 1050. The Morgan fingerprint density at radius 1 is 0.931 bits per heavy atom. The van der Waals surface area contributed by atoms with Crippen LogP contribution in [0, 0.1) is 0 Å². The highest BCUT2D eigenvalue weighted by Crippen LogP contribution is 2.23. The van der Waals surface area contributed by atoms with Crippen molar-refractivity contribution in [1.82, 2.24) is 0 Å². The van der Waals surface area contributed by atoms with Crippen molar-refractivity contribution in [2.45, 2.75) is 0 Å². The van der Waals surface area contributed by atoms with Crippen LogP contribution in [-0.4, -0.2) is 25.4 Å². The van der Waals surface area contributed by atoms with E-state index in [1.807, 2.05) is 0 Å². The van der Waals surface area contributed by atoms with E-state index in [1.54, 1.807) is 60.7 Å². The van der Waals surface area contributed by atoms with Gasteiger partial charge in [-0.1, -0.05) is 41.4 Å². The molecule has 0 atom stereocenters. The van der Waals surface area contributed by atoms with Crippen LogP contribution in [0.3, 0.4) is 0 Å². The number of nitrogens with one attached hydrogen (secondary N) is 1. The van der Waals surface area contributed by atoms with Crippen LogP contribution in [-0.2, 0) is 0 Å². The number of benzene rings is 3. The highest BCUT2D eigenvalue weighted by molar-refractivity contribution is 6.37. The lowest BCUT2D eigenvalue weighted by Gasteiger charge is -2.10. The van der Waals surface area contributed by atoms with Gasteiger partial charge in [0.05, 0.1) is 17.7 Å². The van der Waals surface area contributed by atoms with Gasteiger partial charge in [-0.15, -0.1) is 0 Å². The van der Waals surface area contributed by atoms with Gasteiger partial charge in [0.25, 0.3) is 5.91 Å². The lowest BCUT2D eigenvalue weighted by atomic mass is 10.1. The zero-order valence-electron chi connectivity index (χ0n) is 15.4. The molecule has 1 amide bonds. The first kappa shape index (κ1) is 20.7. The molecule has 0 fully saturated rings. The third-order valence-corrected chi connectivity index (χ3v) is 4.58. The topological polar surface area (TPSA) is 64.6 Å². The van der Waals surface area contributed by atoms with Gasteiger partial charge in [-0.25, -0.2) is 0 Å². The number of amides is 1. The van der Waals surface area contributed by atoms with E-state index in [0.29, 0.717) is 33.3 Å². The third-order valence-electron chi connectivity index (χ3n) is 4.03. The summed E-state index contributed by atoms with van der Waals surface area (Å²) in [5, 5.41) is 3.45. The van der Waals surface area contributed by atoms with E-state index in [2.05, 4.69) is 5.32 Å².